The zero-order chi connectivity index (χ0) is 29.2. The summed E-state index contributed by atoms with van der Waals surface area (Å²) in [6.45, 7) is 4.40. The number of hydrogen-bond acceptors (Lipinski definition) is 9. The summed E-state index contributed by atoms with van der Waals surface area (Å²) in [5.74, 6) is -4.24. The van der Waals surface area contributed by atoms with E-state index < -0.39 is 40.3 Å². The molecule has 0 aliphatic carbocycles. The van der Waals surface area contributed by atoms with Gasteiger partial charge in [-0.05, 0) is 41.6 Å². The molecule has 0 fully saturated rings. The van der Waals surface area contributed by atoms with Crippen LogP contribution < -0.4 is 15.7 Å². The van der Waals surface area contributed by atoms with Crippen molar-refractivity contribution < 1.29 is 34.4 Å². The lowest BCUT2D eigenvalue weighted by molar-refractivity contribution is -0.135. The van der Waals surface area contributed by atoms with Gasteiger partial charge in [-0.1, -0.05) is 32.0 Å². The molecule has 208 valence electrons. The zero-order valence-corrected chi connectivity index (χ0v) is 22.0. The molecule has 0 spiro atoms. The molecule has 0 radical (unpaired) electrons. The number of hydrogen-bond donors (Lipinski definition) is 4. The summed E-state index contributed by atoms with van der Waals surface area (Å²) in [6, 6.07) is 13.8. The second-order valence-corrected chi connectivity index (χ2v) is 10.5. The van der Waals surface area contributed by atoms with E-state index in [1.54, 1.807) is 10.6 Å². The predicted octanol–water partition coefficient (Wildman–Crippen LogP) is 4.69. The van der Waals surface area contributed by atoms with Crippen LogP contribution in [-0.2, 0) is 11.3 Å². The Morgan fingerprint density at radius 1 is 0.927 bits per heavy atom. The summed E-state index contributed by atoms with van der Waals surface area (Å²) in [4.78, 5) is 40.1. The van der Waals surface area contributed by atoms with E-state index in [-0.39, 0.29) is 57.1 Å². The molecule has 0 bridgehead atoms. The maximum absolute atomic E-state index is 14.0. The minimum Gasteiger partial charge on any atom is -0.507 e. The van der Waals surface area contributed by atoms with Gasteiger partial charge in [-0.2, -0.15) is 0 Å². The first kappa shape index (κ1) is 26.0. The van der Waals surface area contributed by atoms with Crippen LogP contribution in [0.25, 0.3) is 33.2 Å². The number of phenols is 3. The number of fused-ring (bicyclic) bond motifs is 4. The second kappa shape index (κ2) is 9.44. The lowest BCUT2D eigenvalue weighted by Gasteiger charge is -2.27. The largest absolute Gasteiger partial charge is 0.507 e. The number of aromatic nitrogens is 1. The van der Waals surface area contributed by atoms with Crippen LogP contribution in [0.3, 0.4) is 0 Å². The first-order chi connectivity index (χ1) is 19.5. The van der Waals surface area contributed by atoms with E-state index in [1.165, 1.54) is 6.07 Å². The number of carbonyl (C=O) groups is 1. The highest BCUT2D eigenvalue weighted by Gasteiger charge is 2.36. The highest BCUT2D eigenvalue weighted by molar-refractivity contribution is 5.94. The van der Waals surface area contributed by atoms with Gasteiger partial charge in [0.05, 0.1) is 11.9 Å². The molecular weight excluding hydrogens is 530 g/mol. The molecule has 2 aromatic heterocycles. The number of nitrogens with zero attached hydrogens (tertiary/aromatic N) is 1. The first-order valence-electron chi connectivity index (χ1n) is 13.0. The van der Waals surface area contributed by atoms with Gasteiger partial charge in [-0.3, -0.25) is 14.4 Å². The molecule has 0 unspecified atom stereocenters. The van der Waals surface area contributed by atoms with Crippen LogP contribution >= 0.6 is 0 Å². The van der Waals surface area contributed by atoms with Crippen molar-refractivity contribution in [3.63, 3.8) is 0 Å². The molecule has 6 rings (SSSR count). The van der Waals surface area contributed by atoms with Gasteiger partial charge in [0.25, 0.3) is 5.56 Å². The Labute approximate surface area is 231 Å². The van der Waals surface area contributed by atoms with E-state index in [0.717, 1.165) is 29.1 Å². The summed E-state index contributed by atoms with van der Waals surface area (Å²) < 4.78 is 13.1. The Morgan fingerprint density at radius 3 is 2.41 bits per heavy atom. The number of aromatic hydroxyl groups is 4. The Kier molecular flexibility index (Phi) is 5.99. The number of benzene rings is 3. The van der Waals surface area contributed by atoms with E-state index >= 15 is 0 Å². The van der Waals surface area contributed by atoms with Crippen LogP contribution in [0.15, 0.2) is 68.6 Å². The van der Waals surface area contributed by atoms with Crippen molar-refractivity contribution in [1.29, 1.82) is 0 Å². The predicted molar refractivity (Wildman–Crippen MR) is 150 cm³/mol. The number of phenolic OH excluding ortho intramolecular Hbond substituents is 3. The molecule has 0 saturated heterocycles. The molecule has 41 heavy (non-hydrogen) atoms. The van der Waals surface area contributed by atoms with Crippen LogP contribution in [0, 0.1) is 5.92 Å². The van der Waals surface area contributed by atoms with Crippen molar-refractivity contribution in [2.45, 2.75) is 32.7 Å². The molecule has 10 heteroatoms. The maximum atomic E-state index is 14.0. The molecule has 1 aliphatic heterocycles. The average molecular weight is 556 g/mol. The van der Waals surface area contributed by atoms with Gasteiger partial charge in [-0.25, -0.2) is 0 Å². The molecular formula is C31H25NO9. The summed E-state index contributed by atoms with van der Waals surface area (Å²) in [6.07, 6.45) is -0.248. The third-order valence-corrected chi connectivity index (χ3v) is 7.26. The molecule has 5 aromatic rings. The minimum atomic E-state index is -0.972. The summed E-state index contributed by atoms with van der Waals surface area (Å²) >= 11 is 0. The minimum absolute atomic E-state index is 0.0586. The summed E-state index contributed by atoms with van der Waals surface area (Å²) in [5, 5.41) is 41.6. The van der Waals surface area contributed by atoms with Crippen molar-refractivity contribution in [3.8, 4) is 40.1 Å². The fourth-order valence-electron chi connectivity index (χ4n) is 5.45. The fraction of sp³-hybridized carbons (Fsp3) is 0.194. The Bertz CT molecular complexity index is 2020. The number of rotatable bonds is 4. The fourth-order valence-corrected chi connectivity index (χ4v) is 5.45. The van der Waals surface area contributed by atoms with Gasteiger partial charge in [0.15, 0.2) is 17.3 Å². The van der Waals surface area contributed by atoms with E-state index in [1.807, 2.05) is 38.1 Å². The topological polar surface area (TPSA) is 159 Å². The van der Waals surface area contributed by atoms with E-state index in [0.29, 0.717) is 6.54 Å². The molecule has 10 nitrogen and oxygen atoms in total. The Hall–Kier alpha value is -5.25. The molecule has 3 aromatic carbocycles. The number of ether oxygens (including phenoxy) is 1. The van der Waals surface area contributed by atoms with Gasteiger partial charge in [0.2, 0.25) is 11.2 Å². The molecule has 0 amide bonds. The van der Waals surface area contributed by atoms with E-state index in [9.17, 15) is 34.8 Å². The third kappa shape index (κ3) is 4.15. The smallest absolute Gasteiger partial charge is 0.312 e. The number of para-hydroxylation sites is 1. The Morgan fingerprint density at radius 2 is 1.68 bits per heavy atom. The SMILES string of the molecule is CC(C)Cn1c(=O)c([C@@H]2CC(=O)Oc3cc(O)c4c(=O)c(O)c(-c5ccc(O)c(O)c5)oc4c32)cc2ccccc21. The second-order valence-electron chi connectivity index (χ2n) is 10.5. The monoisotopic (exact) mass is 555 g/mol. The van der Waals surface area contributed by atoms with Crippen molar-refractivity contribution in [3.05, 3.63) is 86.3 Å². The number of esters is 1. The van der Waals surface area contributed by atoms with Crippen molar-refractivity contribution in [2.75, 3.05) is 0 Å². The van der Waals surface area contributed by atoms with Crippen LogP contribution in [0.1, 0.15) is 37.3 Å². The third-order valence-electron chi connectivity index (χ3n) is 7.26. The summed E-state index contributed by atoms with van der Waals surface area (Å²) in [5.41, 5.74) is -0.241. The maximum Gasteiger partial charge on any atom is 0.312 e. The number of carbonyl (C=O) groups excluding carboxylic acids is 1. The van der Waals surface area contributed by atoms with Gasteiger partial charge >= 0.3 is 5.97 Å². The van der Waals surface area contributed by atoms with Crippen LogP contribution in [-0.4, -0.2) is 31.0 Å². The molecule has 3 heterocycles. The highest BCUT2D eigenvalue weighted by Crippen LogP contribution is 2.47. The van der Waals surface area contributed by atoms with Crippen LogP contribution in [0.4, 0.5) is 0 Å². The van der Waals surface area contributed by atoms with Gasteiger partial charge < -0.3 is 34.1 Å². The van der Waals surface area contributed by atoms with Gasteiger partial charge in [0, 0.05) is 35.2 Å². The summed E-state index contributed by atoms with van der Waals surface area (Å²) in [7, 11) is 0. The molecule has 0 saturated carbocycles. The quantitative estimate of drug-likeness (QED) is 0.140. The first-order valence-corrected chi connectivity index (χ1v) is 13.0. The van der Waals surface area contributed by atoms with Crippen molar-refractivity contribution >= 4 is 27.8 Å². The standard InChI is InChI=1S/C31H25NO9/c1-14(2)13-32-19-6-4-3-5-15(19)9-18(31(32)39)17-11-24(36)40-23-12-22(35)26-27(37)28(38)29(41-30(26)25(17)23)16-7-8-20(33)21(34)10-16/h3-10,12,14,17,33-35,38H,11,13H2,1-2H3/t17-/m0/s1. The molecule has 4 N–H and O–H groups in total. The lowest BCUT2D eigenvalue weighted by atomic mass is 9.85. The molecule has 1 aliphatic rings. The number of pyridine rings is 1. The lowest BCUT2D eigenvalue weighted by Crippen LogP contribution is -2.31. The molecule has 1 atom stereocenters. The van der Waals surface area contributed by atoms with Crippen LogP contribution in [0.2, 0.25) is 0 Å². The van der Waals surface area contributed by atoms with Crippen molar-refractivity contribution in [1.82, 2.24) is 4.57 Å². The van der Waals surface area contributed by atoms with Gasteiger partial charge in [0.1, 0.15) is 22.5 Å². The van der Waals surface area contributed by atoms with Gasteiger partial charge in [-0.15, -0.1) is 0 Å². The normalized spacial score (nSPS) is 14.9. The van der Waals surface area contributed by atoms with E-state index in [4.69, 9.17) is 9.15 Å². The highest BCUT2D eigenvalue weighted by atomic mass is 16.5. The Balaban J connectivity index is 1.69. The van der Waals surface area contributed by atoms with Crippen LogP contribution in [0.5, 0.6) is 28.7 Å². The van der Waals surface area contributed by atoms with E-state index in [2.05, 4.69) is 0 Å². The average Bonchev–Trinajstić information content (AvgIpc) is 2.92. The zero-order valence-electron chi connectivity index (χ0n) is 22.0. The van der Waals surface area contributed by atoms with Crippen molar-refractivity contribution in [2.24, 2.45) is 5.92 Å².